The van der Waals surface area contributed by atoms with E-state index >= 15 is 0 Å². The summed E-state index contributed by atoms with van der Waals surface area (Å²) in [6, 6.07) is 7.18. The number of carbonyl (C=O) groups is 1. The van der Waals surface area contributed by atoms with Gasteiger partial charge in [-0.25, -0.2) is 4.79 Å². The number of benzene rings is 1. The highest BCUT2D eigenvalue weighted by atomic mass is 16.7. The van der Waals surface area contributed by atoms with Crippen LogP contribution >= 0.6 is 0 Å². The average molecular weight is 319 g/mol. The largest absolute Gasteiger partial charge is 0.494 e. The lowest BCUT2D eigenvalue weighted by Crippen LogP contribution is -2.42. The first kappa shape index (κ1) is 17.8. The fraction of sp³-hybridized carbons (Fsp3) is 0.588. The molecular weight excluding hydrogens is 293 g/mol. The Morgan fingerprint density at radius 1 is 1.04 bits per heavy atom. The smallest absolute Gasteiger partial charge is 0.410 e. The van der Waals surface area contributed by atoms with Crippen molar-refractivity contribution in [2.75, 3.05) is 0 Å². The van der Waals surface area contributed by atoms with Crippen molar-refractivity contribution in [3.05, 3.63) is 24.3 Å². The molecule has 0 saturated carbocycles. The number of rotatable bonds is 2. The van der Waals surface area contributed by atoms with Gasteiger partial charge >= 0.3 is 13.2 Å². The van der Waals surface area contributed by atoms with Gasteiger partial charge in [0.05, 0.1) is 11.2 Å². The lowest BCUT2D eigenvalue weighted by Gasteiger charge is -2.32. The van der Waals surface area contributed by atoms with E-state index in [9.17, 15) is 4.79 Å². The fourth-order valence-electron chi connectivity index (χ4n) is 2.11. The molecule has 1 aliphatic rings. The predicted octanol–water partition coefficient (Wildman–Crippen LogP) is 2.87. The summed E-state index contributed by atoms with van der Waals surface area (Å²) in [7, 11) is -0.419. The van der Waals surface area contributed by atoms with Gasteiger partial charge in [0.15, 0.2) is 0 Å². The zero-order chi connectivity index (χ0) is 17.5. The molecule has 2 rings (SSSR count). The van der Waals surface area contributed by atoms with Crippen LogP contribution in [0, 0.1) is 0 Å². The molecule has 5 nitrogen and oxygen atoms in total. The number of ether oxygens (including phenoxy) is 1. The molecule has 23 heavy (non-hydrogen) atoms. The third-order valence-electron chi connectivity index (χ3n) is 4.09. The zero-order valence-electron chi connectivity index (χ0n) is 15.0. The minimum absolute atomic E-state index is 0.334. The lowest BCUT2D eigenvalue weighted by atomic mass is 9.79. The van der Waals surface area contributed by atoms with Crippen molar-refractivity contribution in [2.45, 2.75) is 65.2 Å². The molecule has 126 valence electrons. The number of nitrogens with one attached hydrogen (secondary N) is 1. The standard InChI is InChI=1S/C17H26BNO4/c1-15(2,3)19-14(20)21-13-10-8-12(9-11-13)18-22-16(4,5)17(6,7)23-18/h8-11H,1-7H3,(H,19,20). The first-order chi connectivity index (χ1) is 10.4. The summed E-state index contributed by atoms with van der Waals surface area (Å²) < 4.78 is 17.2. The van der Waals surface area contributed by atoms with Gasteiger partial charge in [-0.1, -0.05) is 12.1 Å². The highest BCUT2D eigenvalue weighted by Crippen LogP contribution is 2.36. The van der Waals surface area contributed by atoms with E-state index in [4.69, 9.17) is 14.0 Å². The van der Waals surface area contributed by atoms with Gasteiger partial charge < -0.3 is 19.4 Å². The topological polar surface area (TPSA) is 56.8 Å². The van der Waals surface area contributed by atoms with Crippen LogP contribution in [0.4, 0.5) is 4.79 Å². The molecule has 0 aliphatic carbocycles. The predicted molar refractivity (Wildman–Crippen MR) is 91.1 cm³/mol. The van der Waals surface area contributed by atoms with Crippen LogP contribution in [0.25, 0.3) is 0 Å². The first-order valence-corrected chi connectivity index (χ1v) is 7.85. The van der Waals surface area contributed by atoms with Crippen LogP contribution in [0.15, 0.2) is 24.3 Å². The second-order valence-electron chi connectivity index (χ2n) is 7.92. The summed E-state index contributed by atoms with van der Waals surface area (Å²) in [6.45, 7) is 13.8. The molecule has 6 heteroatoms. The maximum atomic E-state index is 11.8. The molecule has 1 fully saturated rings. The Bertz CT molecular complexity index is 559. The Balaban J connectivity index is 2.02. The van der Waals surface area contributed by atoms with Crippen molar-refractivity contribution in [1.29, 1.82) is 0 Å². The van der Waals surface area contributed by atoms with Crippen LogP contribution in [-0.2, 0) is 9.31 Å². The van der Waals surface area contributed by atoms with E-state index in [0.717, 1.165) is 5.46 Å². The van der Waals surface area contributed by atoms with Gasteiger partial charge in [-0.2, -0.15) is 0 Å². The van der Waals surface area contributed by atoms with Gasteiger partial charge in [-0.15, -0.1) is 0 Å². The van der Waals surface area contributed by atoms with E-state index < -0.39 is 13.2 Å². The zero-order valence-corrected chi connectivity index (χ0v) is 15.0. The van der Waals surface area contributed by atoms with Gasteiger partial charge in [0.25, 0.3) is 0 Å². The van der Waals surface area contributed by atoms with E-state index in [1.807, 2.05) is 60.6 Å². The SMILES string of the molecule is CC(C)(C)NC(=O)Oc1ccc(B2OC(C)(C)C(C)(C)O2)cc1. The second-order valence-corrected chi connectivity index (χ2v) is 7.92. The Hall–Kier alpha value is -1.53. The molecule has 0 aromatic heterocycles. The summed E-state index contributed by atoms with van der Waals surface area (Å²) in [5, 5.41) is 2.75. The average Bonchev–Trinajstić information content (AvgIpc) is 2.56. The molecule has 1 saturated heterocycles. The number of amides is 1. The third-order valence-corrected chi connectivity index (χ3v) is 4.09. The minimum atomic E-state index is -0.471. The van der Waals surface area contributed by atoms with Crippen LogP contribution in [0.5, 0.6) is 5.75 Å². The summed E-state index contributed by atoms with van der Waals surface area (Å²) in [6.07, 6.45) is -0.471. The Kier molecular flexibility index (Phi) is 4.52. The molecule has 0 spiro atoms. The van der Waals surface area contributed by atoms with Crippen molar-refractivity contribution in [2.24, 2.45) is 0 Å². The van der Waals surface area contributed by atoms with Gasteiger partial charge in [-0.05, 0) is 66.1 Å². The molecule has 0 bridgehead atoms. The van der Waals surface area contributed by atoms with Crippen LogP contribution in [0.1, 0.15) is 48.5 Å². The second kappa shape index (κ2) is 5.84. The molecule has 0 unspecified atom stereocenters. The van der Waals surface area contributed by atoms with E-state index in [1.54, 1.807) is 12.1 Å². The van der Waals surface area contributed by atoms with E-state index in [1.165, 1.54) is 0 Å². The van der Waals surface area contributed by atoms with Crippen molar-refractivity contribution in [1.82, 2.24) is 5.32 Å². The molecule has 1 aromatic carbocycles. The Morgan fingerprint density at radius 3 is 1.96 bits per heavy atom. The van der Waals surface area contributed by atoms with E-state index in [2.05, 4.69) is 5.32 Å². The molecule has 1 aliphatic heterocycles. The van der Waals surface area contributed by atoms with Crippen LogP contribution in [0.2, 0.25) is 0 Å². The monoisotopic (exact) mass is 319 g/mol. The van der Waals surface area contributed by atoms with Crippen molar-refractivity contribution in [3.8, 4) is 5.75 Å². The Morgan fingerprint density at radius 2 is 1.52 bits per heavy atom. The Labute approximate surface area is 138 Å². The fourth-order valence-corrected chi connectivity index (χ4v) is 2.11. The molecular formula is C17H26BNO4. The normalized spacial score (nSPS) is 19.5. The van der Waals surface area contributed by atoms with Crippen molar-refractivity contribution >= 4 is 18.7 Å². The number of hydrogen-bond acceptors (Lipinski definition) is 4. The summed E-state index contributed by atoms with van der Waals surface area (Å²) in [4.78, 5) is 11.8. The number of carbonyl (C=O) groups excluding carboxylic acids is 1. The van der Waals surface area contributed by atoms with Gasteiger partial charge in [0.2, 0.25) is 0 Å². The highest BCUT2D eigenvalue weighted by Gasteiger charge is 2.51. The highest BCUT2D eigenvalue weighted by molar-refractivity contribution is 6.62. The molecule has 1 amide bonds. The summed E-state index contributed by atoms with van der Waals surface area (Å²) in [5.74, 6) is 0.479. The quantitative estimate of drug-likeness (QED) is 0.852. The molecule has 0 radical (unpaired) electrons. The lowest BCUT2D eigenvalue weighted by molar-refractivity contribution is 0.00578. The third kappa shape index (κ3) is 4.27. The van der Waals surface area contributed by atoms with E-state index in [-0.39, 0.29) is 16.7 Å². The van der Waals surface area contributed by atoms with Gasteiger partial charge in [0.1, 0.15) is 5.75 Å². The minimum Gasteiger partial charge on any atom is -0.410 e. The van der Waals surface area contributed by atoms with Crippen LogP contribution in [0.3, 0.4) is 0 Å². The van der Waals surface area contributed by atoms with E-state index in [0.29, 0.717) is 5.75 Å². The van der Waals surface area contributed by atoms with Gasteiger partial charge in [-0.3, -0.25) is 0 Å². The molecule has 1 heterocycles. The van der Waals surface area contributed by atoms with Crippen LogP contribution < -0.4 is 15.5 Å². The maximum Gasteiger partial charge on any atom is 0.494 e. The first-order valence-electron chi connectivity index (χ1n) is 7.85. The summed E-state index contributed by atoms with van der Waals surface area (Å²) in [5.41, 5.74) is -0.189. The summed E-state index contributed by atoms with van der Waals surface area (Å²) >= 11 is 0. The molecule has 0 atom stereocenters. The van der Waals surface area contributed by atoms with Crippen molar-refractivity contribution < 1.29 is 18.8 Å². The molecule has 1 aromatic rings. The van der Waals surface area contributed by atoms with Gasteiger partial charge in [0, 0.05) is 5.54 Å². The van der Waals surface area contributed by atoms with Crippen LogP contribution in [-0.4, -0.2) is 30.0 Å². The number of hydrogen-bond donors (Lipinski definition) is 1. The van der Waals surface area contributed by atoms with Crippen molar-refractivity contribution in [3.63, 3.8) is 0 Å². The maximum absolute atomic E-state index is 11.8. The molecule has 1 N–H and O–H groups in total.